The number of imidazole rings is 1. The third kappa shape index (κ3) is 3.77. The van der Waals surface area contributed by atoms with Gasteiger partial charge in [-0.05, 0) is 29.8 Å². The van der Waals surface area contributed by atoms with E-state index in [-0.39, 0.29) is 0 Å². The highest BCUT2D eigenvalue weighted by Crippen LogP contribution is 2.14. The van der Waals surface area contributed by atoms with Crippen LogP contribution < -0.4 is 10.5 Å². The van der Waals surface area contributed by atoms with Crippen LogP contribution in [0.25, 0.3) is 0 Å². The highest BCUT2D eigenvalue weighted by atomic mass is 16.5. The summed E-state index contributed by atoms with van der Waals surface area (Å²) in [5.41, 5.74) is 6.88. The van der Waals surface area contributed by atoms with Crippen molar-refractivity contribution in [2.75, 3.05) is 0 Å². The Morgan fingerprint density at radius 1 is 1.09 bits per heavy atom. The van der Waals surface area contributed by atoms with Gasteiger partial charge in [0, 0.05) is 24.5 Å². The normalized spacial score (nSPS) is 10.4. The molecule has 1 aromatic heterocycles. The molecule has 0 saturated carbocycles. The Kier molecular flexibility index (Phi) is 4.38. The number of amides is 1. The van der Waals surface area contributed by atoms with Crippen LogP contribution in [-0.4, -0.2) is 15.5 Å². The number of primary amides is 1. The number of hydrogen-bond acceptors (Lipinski definition) is 3. The summed E-state index contributed by atoms with van der Waals surface area (Å²) in [4.78, 5) is 15.4. The van der Waals surface area contributed by atoms with Gasteiger partial charge in [0.2, 0.25) is 5.91 Å². The van der Waals surface area contributed by atoms with Crippen LogP contribution in [0.5, 0.6) is 5.75 Å². The first-order chi connectivity index (χ1) is 11.2. The number of aromatic nitrogens is 2. The second kappa shape index (κ2) is 6.79. The van der Waals surface area contributed by atoms with E-state index in [1.165, 1.54) is 5.56 Å². The van der Waals surface area contributed by atoms with Gasteiger partial charge in [-0.2, -0.15) is 0 Å². The molecule has 0 aliphatic rings. The number of rotatable bonds is 6. The molecule has 0 bridgehead atoms. The van der Waals surface area contributed by atoms with Crippen molar-refractivity contribution in [1.29, 1.82) is 0 Å². The molecular weight excluding hydrogens is 290 g/mol. The van der Waals surface area contributed by atoms with E-state index in [1.807, 2.05) is 29.0 Å². The zero-order chi connectivity index (χ0) is 16.1. The minimum atomic E-state index is -0.449. The van der Waals surface area contributed by atoms with Gasteiger partial charge in [0.1, 0.15) is 18.2 Å². The van der Waals surface area contributed by atoms with E-state index in [9.17, 15) is 4.79 Å². The summed E-state index contributed by atoms with van der Waals surface area (Å²) >= 11 is 0. The maximum atomic E-state index is 11.0. The first-order valence-electron chi connectivity index (χ1n) is 7.29. The number of ether oxygens (including phenoxy) is 1. The highest BCUT2D eigenvalue weighted by molar-refractivity contribution is 5.92. The van der Waals surface area contributed by atoms with Crippen molar-refractivity contribution in [1.82, 2.24) is 9.55 Å². The predicted octanol–water partition coefficient (Wildman–Crippen LogP) is 2.61. The molecule has 0 fully saturated rings. The largest absolute Gasteiger partial charge is 0.486 e. The quantitative estimate of drug-likeness (QED) is 0.761. The lowest BCUT2D eigenvalue weighted by Gasteiger charge is -2.10. The molecule has 0 aliphatic heterocycles. The van der Waals surface area contributed by atoms with E-state index in [2.05, 4.69) is 17.1 Å². The van der Waals surface area contributed by atoms with Gasteiger partial charge in [-0.25, -0.2) is 4.98 Å². The van der Waals surface area contributed by atoms with Crippen LogP contribution >= 0.6 is 0 Å². The molecule has 116 valence electrons. The molecule has 0 saturated heterocycles. The average molecular weight is 307 g/mol. The molecular formula is C18H17N3O2. The van der Waals surface area contributed by atoms with E-state index in [0.29, 0.717) is 17.9 Å². The fourth-order valence-corrected chi connectivity index (χ4v) is 2.27. The first-order valence-corrected chi connectivity index (χ1v) is 7.29. The number of hydrogen-bond donors (Lipinski definition) is 1. The topological polar surface area (TPSA) is 70.1 Å². The Hall–Kier alpha value is -3.08. The fraction of sp³-hybridized carbons (Fsp3) is 0.111. The van der Waals surface area contributed by atoms with Crippen LogP contribution in [0, 0.1) is 0 Å². The summed E-state index contributed by atoms with van der Waals surface area (Å²) in [5, 5.41) is 0. The minimum Gasteiger partial charge on any atom is -0.486 e. The molecule has 5 nitrogen and oxygen atoms in total. The summed E-state index contributed by atoms with van der Waals surface area (Å²) in [6, 6.07) is 16.9. The van der Waals surface area contributed by atoms with Crippen LogP contribution in [-0.2, 0) is 13.2 Å². The molecule has 23 heavy (non-hydrogen) atoms. The summed E-state index contributed by atoms with van der Waals surface area (Å²) in [6.45, 7) is 1.11. The van der Waals surface area contributed by atoms with Gasteiger partial charge in [0.25, 0.3) is 0 Å². The van der Waals surface area contributed by atoms with Crippen molar-refractivity contribution in [3.05, 3.63) is 83.9 Å². The molecule has 3 aromatic rings. The summed E-state index contributed by atoms with van der Waals surface area (Å²) in [5.74, 6) is 1.06. The summed E-state index contributed by atoms with van der Waals surface area (Å²) < 4.78 is 7.78. The molecule has 1 heterocycles. The van der Waals surface area contributed by atoms with Crippen LogP contribution in [0.15, 0.2) is 67.0 Å². The lowest BCUT2D eigenvalue weighted by Crippen LogP contribution is -2.10. The monoisotopic (exact) mass is 307 g/mol. The van der Waals surface area contributed by atoms with Gasteiger partial charge >= 0.3 is 0 Å². The fourth-order valence-electron chi connectivity index (χ4n) is 2.27. The molecule has 0 aliphatic carbocycles. The second-order valence-electron chi connectivity index (χ2n) is 5.13. The minimum absolute atomic E-state index is 0.357. The summed E-state index contributed by atoms with van der Waals surface area (Å²) in [7, 11) is 0. The van der Waals surface area contributed by atoms with Crippen molar-refractivity contribution < 1.29 is 9.53 Å². The molecule has 3 rings (SSSR count). The van der Waals surface area contributed by atoms with Crippen LogP contribution in [0.1, 0.15) is 21.7 Å². The maximum absolute atomic E-state index is 11.0. The molecule has 1 amide bonds. The van der Waals surface area contributed by atoms with Gasteiger partial charge in [0.05, 0.1) is 0 Å². The van der Waals surface area contributed by atoms with Crippen LogP contribution in [0.3, 0.4) is 0 Å². The maximum Gasteiger partial charge on any atom is 0.248 e. The number of carbonyl (C=O) groups excluding carboxylic acids is 1. The van der Waals surface area contributed by atoms with E-state index >= 15 is 0 Å². The van der Waals surface area contributed by atoms with Crippen LogP contribution in [0.4, 0.5) is 0 Å². The Morgan fingerprint density at radius 2 is 1.83 bits per heavy atom. The molecule has 0 unspecified atom stereocenters. The highest BCUT2D eigenvalue weighted by Gasteiger charge is 2.05. The van der Waals surface area contributed by atoms with Crippen molar-refractivity contribution in [2.45, 2.75) is 13.2 Å². The zero-order valence-electron chi connectivity index (χ0n) is 12.6. The number of benzene rings is 2. The Balaban J connectivity index is 1.65. The number of nitrogens with zero attached hydrogens (tertiary/aromatic N) is 2. The molecule has 2 N–H and O–H groups in total. The molecule has 2 aromatic carbocycles. The van der Waals surface area contributed by atoms with Crippen molar-refractivity contribution in [3.8, 4) is 5.75 Å². The van der Waals surface area contributed by atoms with E-state index in [0.717, 1.165) is 12.4 Å². The smallest absolute Gasteiger partial charge is 0.248 e. The zero-order valence-corrected chi connectivity index (χ0v) is 12.6. The van der Waals surface area contributed by atoms with Gasteiger partial charge < -0.3 is 15.0 Å². The van der Waals surface area contributed by atoms with Crippen molar-refractivity contribution in [2.24, 2.45) is 5.73 Å². The number of carbonyl (C=O) groups is 1. The Labute approximate surface area is 134 Å². The Bertz CT molecular complexity index is 780. The van der Waals surface area contributed by atoms with E-state index < -0.39 is 5.91 Å². The molecule has 0 radical (unpaired) electrons. The lowest BCUT2D eigenvalue weighted by molar-refractivity contribution is 0.1000. The average Bonchev–Trinajstić information content (AvgIpc) is 3.01. The molecule has 0 atom stereocenters. The first kappa shape index (κ1) is 14.8. The second-order valence-corrected chi connectivity index (χ2v) is 5.13. The van der Waals surface area contributed by atoms with Gasteiger partial charge in [-0.15, -0.1) is 0 Å². The molecule has 0 spiro atoms. The van der Waals surface area contributed by atoms with Crippen molar-refractivity contribution in [3.63, 3.8) is 0 Å². The third-order valence-corrected chi connectivity index (χ3v) is 3.50. The van der Waals surface area contributed by atoms with Gasteiger partial charge in [-0.1, -0.05) is 30.3 Å². The number of nitrogens with two attached hydrogens (primary N) is 1. The third-order valence-electron chi connectivity index (χ3n) is 3.50. The van der Waals surface area contributed by atoms with Gasteiger partial charge in [-0.3, -0.25) is 4.79 Å². The van der Waals surface area contributed by atoms with E-state index in [1.54, 1.807) is 30.5 Å². The van der Waals surface area contributed by atoms with Gasteiger partial charge in [0.15, 0.2) is 0 Å². The Morgan fingerprint density at radius 3 is 2.52 bits per heavy atom. The van der Waals surface area contributed by atoms with Crippen molar-refractivity contribution >= 4 is 5.91 Å². The van der Waals surface area contributed by atoms with E-state index in [4.69, 9.17) is 10.5 Å². The van der Waals surface area contributed by atoms with Crippen LogP contribution in [0.2, 0.25) is 0 Å². The molecule has 5 heteroatoms. The lowest BCUT2D eigenvalue weighted by atomic mass is 10.2. The predicted molar refractivity (Wildman–Crippen MR) is 87.1 cm³/mol. The summed E-state index contributed by atoms with van der Waals surface area (Å²) in [6.07, 6.45) is 3.69. The SMILES string of the molecule is NC(=O)c1ccc(OCc2nccn2Cc2ccccc2)cc1. The standard InChI is InChI=1S/C18H17N3O2/c19-18(22)15-6-8-16(9-7-15)23-13-17-20-10-11-21(17)12-14-4-2-1-3-5-14/h1-11H,12-13H2,(H2,19,22).